The molecule has 0 saturated carbocycles. The summed E-state index contributed by atoms with van der Waals surface area (Å²) in [6.45, 7) is 11.7. The van der Waals surface area contributed by atoms with Gasteiger partial charge in [0, 0.05) is 35.2 Å². The minimum absolute atomic E-state index is 0. The van der Waals surface area contributed by atoms with E-state index < -0.39 is 14.4 Å². The summed E-state index contributed by atoms with van der Waals surface area (Å²) in [5, 5.41) is 1.46. The van der Waals surface area contributed by atoms with Crippen LogP contribution in [0.25, 0.3) is 33.6 Å². The van der Waals surface area contributed by atoms with Crippen LogP contribution < -0.4 is 5.19 Å². The normalized spacial score (nSPS) is 11.9. The monoisotopic (exact) mass is 783 g/mol. The quantitative estimate of drug-likeness (QED) is 0.119. The smallest absolute Gasteiger partial charge is 0.0799 e. The molecule has 0 aliphatic rings. The maximum absolute atomic E-state index is 8.40. The van der Waals surface area contributed by atoms with Gasteiger partial charge in [-0.15, -0.1) is 71.3 Å². The molecule has 4 heteroatoms. The zero-order chi connectivity index (χ0) is 32.7. The van der Waals surface area contributed by atoms with Crippen LogP contribution in [0.3, 0.4) is 0 Å². The number of benzene rings is 4. The Morgan fingerprint density at radius 1 is 0.667 bits per heavy atom. The van der Waals surface area contributed by atoms with Gasteiger partial charge in [-0.25, -0.2) is 0 Å². The van der Waals surface area contributed by atoms with Crippen LogP contribution >= 0.6 is 0 Å². The average Bonchev–Trinajstić information content (AvgIpc) is 3.09. The zero-order valence-electron chi connectivity index (χ0n) is 28.5. The van der Waals surface area contributed by atoms with Crippen molar-refractivity contribution in [2.24, 2.45) is 0 Å². The van der Waals surface area contributed by atoms with E-state index in [1.807, 2.05) is 54.6 Å². The fourth-order valence-corrected chi connectivity index (χ4v) is 6.72. The van der Waals surface area contributed by atoms with E-state index in [2.05, 4.69) is 99.3 Å². The summed E-state index contributed by atoms with van der Waals surface area (Å²) in [6.07, 6.45) is 2.21. The average molecular weight is 783 g/mol. The summed E-state index contributed by atoms with van der Waals surface area (Å²) in [4.78, 5) is 9.12. The SMILES string of the molecule is CC(C)c1cc(-c2[c-]ccc(-c3ccccc3)c2)ncc1[Si](C)(C)C.[2H]C([2H])(c1ccccc1)c1ccnc(-c2[c-]cccc2)c1.[Ir]. The molecule has 45 heavy (non-hydrogen) atoms. The van der Waals surface area contributed by atoms with E-state index in [9.17, 15) is 0 Å². The molecule has 0 aliphatic carbocycles. The van der Waals surface area contributed by atoms with Crippen molar-refractivity contribution in [3.05, 3.63) is 163 Å². The first-order valence-corrected chi connectivity index (χ1v) is 18.6. The van der Waals surface area contributed by atoms with Crippen LogP contribution in [0.15, 0.2) is 134 Å². The standard InChI is InChI=1S/C23H26NSi.C18H14N.Ir/c1-17(2)21-15-22(24-16-23(21)25(3,4)5)20-13-9-12-19(14-20)18-10-7-6-8-11-18;1-3-7-15(8-4-1)13-16-11-12-19-18(14-16)17-9-5-2-6-10-17;/h6-12,14-17H,1-5H3;1-9,11-12,14H,13H2;/q2*-1;/i;13D2;. The van der Waals surface area contributed by atoms with E-state index in [1.165, 1.54) is 21.9 Å². The third kappa shape index (κ3) is 9.28. The van der Waals surface area contributed by atoms with Gasteiger partial charge in [0.2, 0.25) is 0 Å². The van der Waals surface area contributed by atoms with Crippen molar-refractivity contribution in [2.75, 3.05) is 0 Å². The Bertz CT molecular complexity index is 1870. The molecule has 0 atom stereocenters. The van der Waals surface area contributed by atoms with Crippen LogP contribution in [0, 0.1) is 12.1 Å². The van der Waals surface area contributed by atoms with Gasteiger partial charge >= 0.3 is 0 Å². The topological polar surface area (TPSA) is 25.8 Å². The molecule has 0 spiro atoms. The van der Waals surface area contributed by atoms with E-state index in [0.717, 1.165) is 22.5 Å². The van der Waals surface area contributed by atoms with Crippen molar-refractivity contribution >= 4 is 13.3 Å². The van der Waals surface area contributed by atoms with Gasteiger partial charge in [0.15, 0.2) is 0 Å². The first-order valence-electron chi connectivity index (χ1n) is 16.1. The van der Waals surface area contributed by atoms with Crippen LogP contribution in [0.2, 0.25) is 19.6 Å². The van der Waals surface area contributed by atoms with E-state index in [0.29, 0.717) is 17.0 Å². The van der Waals surface area contributed by atoms with Crippen LogP contribution in [-0.4, -0.2) is 18.0 Å². The van der Waals surface area contributed by atoms with E-state index in [4.69, 9.17) is 7.73 Å². The third-order valence-corrected chi connectivity index (χ3v) is 9.39. The van der Waals surface area contributed by atoms with E-state index in [1.54, 1.807) is 30.5 Å². The Kier molecular flexibility index (Phi) is 10.9. The summed E-state index contributed by atoms with van der Waals surface area (Å²) in [7, 11) is -1.40. The molecule has 229 valence electrons. The molecule has 0 saturated heterocycles. The predicted octanol–water partition coefficient (Wildman–Crippen LogP) is 10.0. The number of pyridine rings is 2. The molecule has 0 bridgehead atoms. The molecule has 6 aromatic rings. The minimum Gasteiger partial charge on any atom is -0.305 e. The molecule has 0 unspecified atom stereocenters. The van der Waals surface area contributed by atoms with Gasteiger partial charge in [-0.3, -0.25) is 0 Å². The maximum atomic E-state index is 8.40. The van der Waals surface area contributed by atoms with Gasteiger partial charge in [-0.2, -0.15) is 0 Å². The molecule has 2 aromatic heterocycles. The molecule has 0 amide bonds. The summed E-state index contributed by atoms with van der Waals surface area (Å²) in [5.74, 6) is 0.501. The van der Waals surface area contributed by atoms with Crippen molar-refractivity contribution in [1.29, 1.82) is 0 Å². The largest absolute Gasteiger partial charge is 0.305 e. The molecule has 2 heterocycles. The fourth-order valence-electron chi connectivity index (χ4n) is 5.04. The molecule has 2 nitrogen and oxygen atoms in total. The number of aromatic nitrogens is 2. The number of hydrogen-bond acceptors (Lipinski definition) is 2. The second-order valence-electron chi connectivity index (χ2n) is 12.1. The molecule has 1 radical (unpaired) electrons. The van der Waals surface area contributed by atoms with Crippen molar-refractivity contribution < 1.29 is 22.8 Å². The molecule has 0 fully saturated rings. The molecular weight excluding hydrogens is 741 g/mol. The summed E-state index contributed by atoms with van der Waals surface area (Å²) in [6, 6.07) is 45.8. The first-order chi connectivity index (χ1) is 22.0. The molecule has 0 N–H and O–H groups in total. The van der Waals surface area contributed by atoms with Crippen LogP contribution in [0.5, 0.6) is 0 Å². The predicted molar refractivity (Wildman–Crippen MR) is 189 cm³/mol. The zero-order valence-corrected chi connectivity index (χ0v) is 29.9. The van der Waals surface area contributed by atoms with E-state index in [-0.39, 0.29) is 20.1 Å². The summed E-state index contributed by atoms with van der Waals surface area (Å²) < 4.78 is 16.8. The number of hydrogen-bond donors (Lipinski definition) is 0. The van der Waals surface area contributed by atoms with Gasteiger partial charge in [0.1, 0.15) is 0 Å². The van der Waals surface area contributed by atoms with Crippen molar-refractivity contribution in [3.8, 4) is 33.6 Å². The minimum atomic E-state index is -1.55. The van der Waals surface area contributed by atoms with Crippen LogP contribution in [0.1, 0.15) is 39.2 Å². The van der Waals surface area contributed by atoms with Gasteiger partial charge < -0.3 is 9.97 Å². The Labute approximate surface area is 286 Å². The summed E-state index contributed by atoms with van der Waals surface area (Å²) >= 11 is 0. The van der Waals surface area contributed by atoms with Crippen molar-refractivity contribution in [1.82, 2.24) is 9.97 Å². The number of rotatable bonds is 7. The Morgan fingerprint density at radius 3 is 2.00 bits per heavy atom. The molecule has 4 aromatic carbocycles. The first kappa shape index (κ1) is 31.0. The summed E-state index contributed by atoms with van der Waals surface area (Å²) in [5.41, 5.74) is 8.76. The maximum Gasteiger partial charge on any atom is 0.0799 e. The Morgan fingerprint density at radius 2 is 1.33 bits per heavy atom. The van der Waals surface area contributed by atoms with Crippen molar-refractivity contribution in [2.45, 2.75) is 45.8 Å². The third-order valence-electron chi connectivity index (χ3n) is 7.36. The van der Waals surface area contributed by atoms with Crippen LogP contribution in [-0.2, 0) is 26.5 Å². The van der Waals surface area contributed by atoms with Gasteiger partial charge in [0.05, 0.1) is 8.07 Å². The van der Waals surface area contributed by atoms with Gasteiger partial charge in [-0.1, -0.05) is 112 Å². The van der Waals surface area contributed by atoms with Gasteiger partial charge in [0.25, 0.3) is 0 Å². The van der Waals surface area contributed by atoms with E-state index >= 15 is 0 Å². The molecule has 0 aliphatic heterocycles. The fraction of sp³-hybridized carbons (Fsp3) is 0.171. The van der Waals surface area contributed by atoms with Gasteiger partial charge in [-0.05, 0) is 51.6 Å². The van der Waals surface area contributed by atoms with Crippen molar-refractivity contribution in [3.63, 3.8) is 0 Å². The Hall–Kier alpha value is -3.95. The Balaban J connectivity index is 0.000000211. The second-order valence-corrected chi connectivity index (χ2v) is 17.2. The number of nitrogens with zero attached hydrogens (tertiary/aromatic N) is 2. The molecule has 6 rings (SSSR count). The molecular formula is C41H40IrN2Si-2. The van der Waals surface area contributed by atoms with Crippen LogP contribution in [0.4, 0.5) is 0 Å². The second kappa shape index (κ2) is 15.9.